The Bertz CT molecular complexity index is 566. The normalized spacial score (nSPS) is 10.8. The van der Waals surface area contributed by atoms with Gasteiger partial charge in [0.25, 0.3) is 0 Å². The van der Waals surface area contributed by atoms with E-state index in [4.69, 9.17) is 11.6 Å². The van der Waals surface area contributed by atoms with Gasteiger partial charge in [-0.1, -0.05) is 29.8 Å². The zero-order chi connectivity index (χ0) is 13.0. The van der Waals surface area contributed by atoms with E-state index in [0.717, 1.165) is 0 Å². The molecular formula is C12H10ClFN4. The van der Waals surface area contributed by atoms with Gasteiger partial charge in [-0.15, -0.1) is 0 Å². The molecule has 0 atom stereocenters. The molecule has 0 spiro atoms. The molecule has 18 heavy (non-hydrogen) atoms. The third-order valence-corrected chi connectivity index (χ3v) is 2.29. The van der Waals surface area contributed by atoms with E-state index < -0.39 is 0 Å². The Morgan fingerprint density at radius 2 is 2.11 bits per heavy atom. The summed E-state index contributed by atoms with van der Waals surface area (Å²) in [5, 5.41) is 4.22. The van der Waals surface area contributed by atoms with Gasteiger partial charge in [0, 0.05) is 11.6 Å². The third-order valence-electron chi connectivity index (χ3n) is 2.09. The number of anilines is 1. The highest BCUT2D eigenvalue weighted by Crippen LogP contribution is 2.11. The maximum absolute atomic E-state index is 13.3. The fraction of sp³-hybridized carbons (Fsp3) is 0.0833. The molecule has 0 saturated heterocycles. The van der Waals surface area contributed by atoms with E-state index in [1.54, 1.807) is 25.1 Å². The Kier molecular flexibility index (Phi) is 3.84. The van der Waals surface area contributed by atoms with E-state index in [0.29, 0.717) is 22.4 Å². The van der Waals surface area contributed by atoms with E-state index >= 15 is 0 Å². The van der Waals surface area contributed by atoms with E-state index in [-0.39, 0.29) is 5.82 Å². The molecule has 0 amide bonds. The van der Waals surface area contributed by atoms with Crippen LogP contribution in [0.3, 0.4) is 0 Å². The predicted molar refractivity (Wildman–Crippen MR) is 69.4 cm³/mol. The van der Waals surface area contributed by atoms with Crippen LogP contribution in [0.15, 0.2) is 35.4 Å². The van der Waals surface area contributed by atoms with Crippen molar-refractivity contribution in [2.75, 3.05) is 5.43 Å². The SMILES string of the molecule is Cc1nc(Cl)cc(NN=Cc2ccccc2F)n1. The summed E-state index contributed by atoms with van der Waals surface area (Å²) in [6.45, 7) is 1.72. The highest BCUT2D eigenvalue weighted by atomic mass is 35.5. The molecule has 1 aromatic heterocycles. The number of hydrogen-bond donors (Lipinski definition) is 1. The molecule has 0 fully saturated rings. The molecular weight excluding hydrogens is 255 g/mol. The molecule has 1 aromatic carbocycles. The Hall–Kier alpha value is -2.01. The van der Waals surface area contributed by atoms with Gasteiger partial charge in [0.05, 0.1) is 6.21 Å². The van der Waals surface area contributed by atoms with E-state index in [2.05, 4.69) is 20.5 Å². The summed E-state index contributed by atoms with van der Waals surface area (Å²) in [6.07, 6.45) is 1.38. The molecule has 0 aliphatic rings. The molecule has 0 bridgehead atoms. The van der Waals surface area contributed by atoms with Crippen molar-refractivity contribution in [1.82, 2.24) is 9.97 Å². The van der Waals surface area contributed by atoms with Gasteiger partial charge >= 0.3 is 0 Å². The lowest BCUT2D eigenvalue weighted by Gasteiger charge is -2.01. The molecule has 0 aliphatic carbocycles. The Labute approximate surface area is 109 Å². The molecule has 1 heterocycles. The molecule has 2 rings (SSSR count). The van der Waals surface area contributed by atoms with E-state index in [1.165, 1.54) is 18.3 Å². The highest BCUT2D eigenvalue weighted by Gasteiger charge is 1.99. The van der Waals surface area contributed by atoms with Crippen molar-refractivity contribution in [2.24, 2.45) is 5.10 Å². The molecule has 0 unspecified atom stereocenters. The maximum Gasteiger partial charge on any atom is 0.151 e. The Morgan fingerprint density at radius 3 is 2.83 bits per heavy atom. The number of hydrogen-bond acceptors (Lipinski definition) is 4. The van der Waals surface area contributed by atoms with Crippen LogP contribution < -0.4 is 5.43 Å². The number of aryl methyl sites for hydroxylation is 1. The molecule has 1 N–H and O–H groups in total. The van der Waals surface area contributed by atoms with Crippen LogP contribution in [0.2, 0.25) is 5.15 Å². The third kappa shape index (κ3) is 3.24. The maximum atomic E-state index is 13.3. The first kappa shape index (κ1) is 12.4. The summed E-state index contributed by atoms with van der Waals surface area (Å²) in [5.41, 5.74) is 3.06. The number of hydrazone groups is 1. The summed E-state index contributed by atoms with van der Waals surface area (Å²) in [4.78, 5) is 7.99. The fourth-order valence-electron chi connectivity index (χ4n) is 1.34. The van der Waals surface area contributed by atoms with Crippen molar-refractivity contribution in [2.45, 2.75) is 6.92 Å². The summed E-state index contributed by atoms with van der Waals surface area (Å²) >= 11 is 5.77. The predicted octanol–water partition coefficient (Wildman–Crippen LogP) is 3.02. The highest BCUT2D eigenvalue weighted by molar-refractivity contribution is 6.29. The van der Waals surface area contributed by atoms with Crippen LogP contribution in [0.4, 0.5) is 10.2 Å². The van der Waals surface area contributed by atoms with Crippen LogP contribution in [0.5, 0.6) is 0 Å². The molecule has 92 valence electrons. The lowest BCUT2D eigenvalue weighted by Crippen LogP contribution is -1.97. The average Bonchev–Trinajstić information content (AvgIpc) is 2.30. The first-order valence-corrected chi connectivity index (χ1v) is 5.58. The van der Waals surface area contributed by atoms with E-state index in [9.17, 15) is 4.39 Å². The van der Waals surface area contributed by atoms with Crippen molar-refractivity contribution >= 4 is 23.6 Å². The van der Waals surface area contributed by atoms with Crippen LogP contribution in [-0.2, 0) is 0 Å². The van der Waals surface area contributed by atoms with Crippen LogP contribution in [0, 0.1) is 12.7 Å². The molecule has 0 aliphatic heterocycles. The summed E-state index contributed by atoms with van der Waals surface area (Å²) in [6, 6.07) is 7.88. The van der Waals surface area contributed by atoms with Crippen molar-refractivity contribution in [1.29, 1.82) is 0 Å². The largest absolute Gasteiger partial charge is 0.261 e. The smallest absolute Gasteiger partial charge is 0.151 e. The van der Waals surface area contributed by atoms with Crippen LogP contribution in [0.25, 0.3) is 0 Å². The van der Waals surface area contributed by atoms with Crippen molar-refractivity contribution < 1.29 is 4.39 Å². The number of rotatable bonds is 3. The lowest BCUT2D eigenvalue weighted by molar-refractivity contribution is 0.626. The Balaban J connectivity index is 2.10. The van der Waals surface area contributed by atoms with Gasteiger partial charge in [-0.3, -0.25) is 5.43 Å². The molecule has 2 aromatic rings. The second-order valence-electron chi connectivity index (χ2n) is 3.51. The molecule has 6 heteroatoms. The topological polar surface area (TPSA) is 50.2 Å². The first-order valence-electron chi connectivity index (χ1n) is 5.20. The second kappa shape index (κ2) is 5.55. The monoisotopic (exact) mass is 264 g/mol. The summed E-state index contributed by atoms with van der Waals surface area (Å²) < 4.78 is 13.3. The quantitative estimate of drug-likeness (QED) is 0.527. The summed E-state index contributed by atoms with van der Waals surface area (Å²) in [7, 11) is 0. The van der Waals surface area contributed by atoms with Crippen molar-refractivity contribution in [3.05, 3.63) is 52.7 Å². The second-order valence-corrected chi connectivity index (χ2v) is 3.90. The Morgan fingerprint density at radius 1 is 1.33 bits per heavy atom. The van der Waals surface area contributed by atoms with Gasteiger partial charge in [-0.05, 0) is 13.0 Å². The minimum atomic E-state index is -0.333. The zero-order valence-electron chi connectivity index (χ0n) is 9.56. The van der Waals surface area contributed by atoms with Crippen LogP contribution in [-0.4, -0.2) is 16.2 Å². The first-order chi connectivity index (χ1) is 8.65. The van der Waals surface area contributed by atoms with Crippen LogP contribution >= 0.6 is 11.6 Å². The van der Waals surface area contributed by atoms with E-state index in [1.807, 2.05) is 0 Å². The van der Waals surface area contributed by atoms with Gasteiger partial charge < -0.3 is 0 Å². The van der Waals surface area contributed by atoms with Gasteiger partial charge in [-0.25, -0.2) is 14.4 Å². The lowest BCUT2D eigenvalue weighted by atomic mass is 10.2. The number of nitrogens with one attached hydrogen (secondary N) is 1. The number of nitrogens with zero attached hydrogens (tertiary/aromatic N) is 3. The van der Waals surface area contributed by atoms with Crippen LogP contribution in [0.1, 0.15) is 11.4 Å². The molecule has 4 nitrogen and oxygen atoms in total. The standard InChI is InChI=1S/C12H10ClFN4/c1-8-16-11(13)6-12(17-8)18-15-7-9-4-2-3-5-10(9)14/h2-7H,1H3,(H,16,17,18). The van der Waals surface area contributed by atoms with Crippen molar-refractivity contribution in [3.8, 4) is 0 Å². The number of benzene rings is 1. The number of halogens is 2. The van der Waals surface area contributed by atoms with Gasteiger partial charge in [-0.2, -0.15) is 5.10 Å². The average molecular weight is 265 g/mol. The van der Waals surface area contributed by atoms with Crippen molar-refractivity contribution in [3.63, 3.8) is 0 Å². The minimum Gasteiger partial charge on any atom is -0.261 e. The number of aromatic nitrogens is 2. The fourth-order valence-corrected chi connectivity index (χ4v) is 1.56. The van der Waals surface area contributed by atoms with Gasteiger partial charge in [0.2, 0.25) is 0 Å². The molecule has 0 saturated carbocycles. The molecule has 0 radical (unpaired) electrons. The van der Waals surface area contributed by atoms with Gasteiger partial charge in [0.1, 0.15) is 16.8 Å². The summed E-state index contributed by atoms with van der Waals surface area (Å²) in [5.74, 6) is 0.658. The minimum absolute atomic E-state index is 0.325. The van der Waals surface area contributed by atoms with Gasteiger partial charge in [0.15, 0.2) is 5.82 Å². The zero-order valence-corrected chi connectivity index (χ0v) is 10.3.